The van der Waals surface area contributed by atoms with E-state index in [1.807, 2.05) is 0 Å². The molecule has 0 heterocycles. The van der Waals surface area contributed by atoms with E-state index >= 15 is 0 Å². The SMILES string of the molecule is CCNC(=NCCc1cccc(C)c1)NC1CC=CC1. The molecule has 0 atom stereocenters. The lowest BCUT2D eigenvalue weighted by molar-refractivity contribution is 0.633. The van der Waals surface area contributed by atoms with Crippen LogP contribution in [0.25, 0.3) is 0 Å². The largest absolute Gasteiger partial charge is 0.357 e. The summed E-state index contributed by atoms with van der Waals surface area (Å²) in [4.78, 5) is 4.67. The molecular formula is C17H25N3. The molecule has 0 saturated carbocycles. The zero-order valence-electron chi connectivity index (χ0n) is 12.5. The predicted octanol–water partition coefficient (Wildman–Crippen LogP) is 2.81. The first-order valence-corrected chi connectivity index (χ1v) is 7.53. The molecule has 108 valence electrons. The fourth-order valence-electron chi connectivity index (χ4n) is 2.41. The van der Waals surface area contributed by atoms with Gasteiger partial charge in [-0.3, -0.25) is 4.99 Å². The summed E-state index contributed by atoms with van der Waals surface area (Å²) >= 11 is 0. The van der Waals surface area contributed by atoms with Crippen molar-refractivity contribution in [3.8, 4) is 0 Å². The van der Waals surface area contributed by atoms with Crippen molar-refractivity contribution in [3.63, 3.8) is 0 Å². The van der Waals surface area contributed by atoms with Crippen molar-refractivity contribution < 1.29 is 0 Å². The summed E-state index contributed by atoms with van der Waals surface area (Å²) in [6.07, 6.45) is 7.65. The second-order valence-corrected chi connectivity index (χ2v) is 5.28. The third-order valence-electron chi connectivity index (χ3n) is 3.45. The summed E-state index contributed by atoms with van der Waals surface area (Å²) in [5.74, 6) is 0.939. The highest BCUT2D eigenvalue weighted by Crippen LogP contribution is 2.09. The second-order valence-electron chi connectivity index (χ2n) is 5.28. The lowest BCUT2D eigenvalue weighted by atomic mass is 10.1. The molecule has 0 unspecified atom stereocenters. The summed E-state index contributed by atoms with van der Waals surface area (Å²) in [7, 11) is 0. The Hall–Kier alpha value is -1.77. The van der Waals surface area contributed by atoms with Crippen LogP contribution >= 0.6 is 0 Å². The van der Waals surface area contributed by atoms with Gasteiger partial charge < -0.3 is 10.6 Å². The summed E-state index contributed by atoms with van der Waals surface area (Å²) in [5, 5.41) is 6.81. The van der Waals surface area contributed by atoms with E-state index in [0.29, 0.717) is 6.04 Å². The minimum absolute atomic E-state index is 0.506. The number of hydrogen-bond acceptors (Lipinski definition) is 1. The smallest absolute Gasteiger partial charge is 0.191 e. The van der Waals surface area contributed by atoms with Crippen LogP contribution in [-0.4, -0.2) is 25.1 Å². The van der Waals surface area contributed by atoms with Crippen LogP contribution in [0.3, 0.4) is 0 Å². The van der Waals surface area contributed by atoms with Crippen molar-refractivity contribution in [1.82, 2.24) is 10.6 Å². The van der Waals surface area contributed by atoms with E-state index < -0.39 is 0 Å². The number of nitrogens with one attached hydrogen (secondary N) is 2. The van der Waals surface area contributed by atoms with E-state index in [0.717, 1.165) is 38.3 Å². The molecule has 0 fully saturated rings. The van der Waals surface area contributed by atoms with E-state index in [9.17, 15) is 0 Å². The minimum atomic E-state index is 0.506. The van der Waals surface area contributed by atoms with Gasteiger partial charge in [0.2, 0.25) is 0 Å². The predicted molar refractivity (Wildman–Crippen MR) is 86.2 cm³/mol. The Morgan fingerprint density at radius 2 is 2.10 bits per heavy atom. The molecule has 0 bridgehead atoms. The lowest BCUT2D eigenvalue weighted by Gasteiger charge is -2.16. The van der Waals surface area contributed by atoms with Gasteiger partial charge in [-0.25, -0.2) is 0 Å². The molecule has 2 rings (SSSR count). The molecule has 1 aromatic rings. The van der Waals surface area contributed by atoms with Crippen molar-refractivity contribution in [2.24, 2.45) is 4.99 Å². The number of hydrogen-bond donors (Lipinski definition) is 2. The van der Waals surface area contributed by atoms with Gasteiger partial charge in [-0.2, -0.15) is 0 Å². The average Bonchev–Trinajstić information content (AvgIpc) is 2.92. The van der Waals surface area contributed by atoms with Gasteiger partial charge in [0.25, 0.3) is 0 Å². The molecule has 0 saturated heterocycles. The zero-order chi connectivity index (χ0) is 14.2. The molecule has 0 spiro atoms. The number of aryl methyl sites for hydroxylation is 1. The Bertz CT molecular complexity index is 469. The average molecular weight is 271 g/mol. The van der Waals surface area contributed by atoms with Gasteiger partial charge >= 0.3 is 0 Å². The first-order valence-electron chi connectivity index (χ1n) is 7.53. The fraction of sp³-hybridized carbons (Fsp3) is 0.471. The van der Waals surface area contributed by atoms with Gasteiger partial charge in [0.1, 0.15) is 0 Å². The topological polar surface area (TPSA) is 36.4 Å². The fourth-order valence-corrected chi connectivity index (χ4v) is 2.41. The van der Waals surface area contributed by atoms with Crippen LogP contribution in [0.2, 0.25) is 0 Å². The molecule has 0 radical (unpaired) electrons. The van der Waals surface area contributed by atoms with Gasteiger partial charge in [0.05, 0.1) is 0 Å². The van der Waals surface area contributed by atoms with E-state index in [-0.39, 0.29) is 0 Å². The van der Waals surface area contributed by atoms with Gasteiger partial charge in [-0.05, 0) is 38.7 Å². The molecular weight excluding hydrogens is 246 g/mol. The highest BCUT2D eigenvalue weighted by atomic mass is 15.2. The van der Waals surface area contributed by atoms with Gasteiger partial charge in [0.15, 0.2) is 5.96 Å². The van der Waals surface area contributed by atoms with Crippen LogP contribution in [0.1, 0.15) is 30.9 Å². The molecule has 0 amide bonds. The number of rotatable bonds is 5. The van der Waals surface area contributed by atoms with Crippen molar-refractivity contribution in [1.29, 1.82) is 0 Å². The third kappa shape index (κ3) is 4.72. The molecule has 2 N–H and O–H groups in total. The van der Waals surface area contributed by atoms with Gasteiger partial charge in [0, 0.05) is 19.1 Å². The first kappa shape index (κ1) is 14.6. The maximum atomic E-state index is 4.67. The van der Waals surface area contributed by atoms with Crippen LogP contribution in [-0.2, 0) is 6.42 Å². The van der Waals surface area contributed by atoms with E-state index in [2.05, 4.69) is 65.9 Å². The Labute approximate surface area is 122 Å². The van der Waals surface area contributed by atoms with E-state index in [1.165, 1.54) is 11.1 Å². The summed E-state index contributed by atoms with van der Waals surface area (Å²) < 4.78 is 0. The third-order valence-corrected chi connectivity index (χ3v) is 3.45. The monoisotopic (exact) mass is 271 g/mol. The zero-order valence-corrected chi connectivity index (χ0v) is 12.5. The lowest BCUT2D eigenvalue weighted by Crippen LogP contribution is -2.42. The summed E-state index contributed by atoms with van der Waals surface area (Å²) in [5.41, 5.74) is 2.67. The minimum Gasteiger partial charge on any atom is -0.357 e. The van der Waals surface area contributed by atoms with Crippen LogP contribution in [0.5, 0.6) is 0 Å². The molecule has 0 aromatic heterocycles. The molecule has 3 heteroatoms. The molecule has 1 aliphatic carbocycles. The molecule has 20 heavy (non-hydrogen) atoms. The van der Waals surface area contributed by atoms with Crippen LogP contribution < -0.4 is 10.6 Å². The van der Waals surface area contributed by atoms with E-state index in [1.54, 1.807) is 0 Å². The number of guanidine groups is 1. The highest BCUT2D eigenvalue weighted by Gasteiger charge is 2.11. The van der Waals surface area contributed by atoms with Crippen LogP contribution in [0.15, 0.2) is 41.4 Å². The van der Waals surface area contributed by atoms with Crippen LogP contribution in [0.4, 0.5) is 0 Å². The summed E-state index contributed by atoms with van der Waals surface area (Å²) in [6.45, 7) is 5.95. The maximum absolute atomic E-state index is 4.67. The number of benzene rings is 1. The van der Waals surface area contributed by atoms with Gasteiger partial charge in [-0.15, -0.1) is 0 Å². The first-order chi connectivity index (χ1) is 9.78. The van der Waals surface area contributed by atoms with Crippen molar-refractivity contribution in [3.05, 3.63) is 47.5 Å². The van der Waals surface area contributed by atoms with Crippen LogP contribution in [0, 0.1) is 6.92 Å². The highest BCUT2D eigenvalue weighted by molar-refractivity contribution is 5.80. The normalized spacial score (nSPS) is 15.6. The maximum Gasteiger partial charge on any atom is 0.191 e. The standard InChI is InChI=1S/C17H25N3/c1-3-18-17(20-16-9-4-5-10-16)19-12-11-15-8-6-7-14(2)13-15/h4-8,13,16H,3,9-12H2,1-2H3,(H2,18,19,20). The molecule has 0 aliphatic heterocycles. The quantitative estimate of drug-likeness (QED) is 0.491. The Balaban J connectivity index is 1.85. The molecule has 3 nitrogen and oxygen atoms in total. The summed E-state index contributed by atoms with van der Waals surface area (Å²) in [6, 6.07) is 9.15. The van der Waals surface area contributed by atoms with Crippen molar-refractivity contribution in [2.45, 2.75) is 39.2 Å². The molecule has 1 aromatic carbocycles. The number of aliphatic imine (C=N–C) groups is 1. The number of nitrogens with zero attached hydrogens (tertiary/aromatic N) is 1. The van der Waals surface area contributed by atoms with Crippen molar-refractivity contribution in [2.75, 3.05) is 13.1 Å². The Morgan fingerprint density at radius 3 is 2.80 bits per heavy atom. The Morgan fingerprint density at radius 1 is 1.30 bits per heavy atom. The van der Waals surface area contributed by atoms with Gasteiger partial charge in [-0.1, -0.05) is 42.0 Å². The Kier molecular flexibility index (Phi) is 5.66. The van der Waals surface area contributed by atoms with Crippen molar-refractivity contribution >= 4 is 5.96 Å². The van der Waals surface area contributed by atoms with E-state index in [4.69, 9.17) is 0 Å². The molecule has 1 aliphatic rings. The second kappa shape index (κ2) is 7.73.